The fourth-order valence-corrected chi connectivity index (χ4v) is 2.65. The molecule has 7 heteroatoms. The number of hydrogen-bond donors (Lipinski definition) is 0. The van der Waals surface area contributed by atoms with Crippen LogP contribution in [-0.4, -0.2) is 23.3 Å². The summed E-state index contributed by atoms with van der Waals surface area (Å²) in [6.45, 7) is 1.30. The molecular formula is C15H11ClN2O3S. The standard InChI is InChI=1S/C15H11ClN2O3S/c1-9-8-22-14(18-9)12(6-17)13(19)7-21-15(20)10-2-4-11(16)5-3-10/h2-5,8,12H,7H2,1H3/t12-/m1/s1. The molecule has 0 aliphatic heterocycles. The molecule has 0 radical (unpaired) electrons. The molecule has 0 aliphatic carbocycles. The Hall–Kier alpha value is -2.23. The number of halogens is 1. The number of ether oxygens (including phenoxy) is 1. The van der Waals surface area contributed by atoms with E-state index in [0.717, 1.165) is 5.69 Å². The third-order valence-electron chi connectivity index (χ3n) is 2.76. The fourth-order valence-electron chi connectivity index (χ4n) is 1.66. The van der Waals surface area contributed by atoms with E-state index in [-0.39, 0.29) is 5.56 Å². The highest BCUT2D eigenvalue weighted by Gasteiger charge is 2.24. The van der Waals surface area contributed by atoms with Gasteiger partial charge in [0.1, 0.15) is 5.01 Å². The van der Waals surface area contributed by atoms with Crippen LogP contribution >= 0.6 is 22.9 Å². The van der Waals surface area contributed by atoms with Crippen molar-refractivity contribution in [3.8, 4) is 6.07 Å². The van der Waals surface area contributed by atoms with Crippen LogP contribution in [0, 0.1) is 18.3 Å². The van der Waals surface area contributed by atoms with Gasteiger partial charge in [0, 0.05) is 16.1 Å². The SMILES string of the molecule is Cc1csc([C@H](C#N)C(=O)COC(=O)c2ccc(Cl)cc2)n1. The summed E-state index contributed by atoms with van der Waals surface area (Å²) >= 11 is 6.96. The maximum absolute atomic E-state index is 12.0. The lowest BCUT2D eigenvalue weighted by Gasteiger charge is -2.07. The first-order valence-electron chi connectivity index (χ1n) is 6.28. The number of esters is 1. The molecule has 112 valence electrons. The lowest BCUT2D eigenvalue weighted by atomic mass is 10.1. The average molecular weight is 335 g/mol. The van der Waals surface area contributed by atoms with Gasteiger partial charge in [-0.25, -0.2) is 9.78 Å². The van der Waals surface area contributed by atoms with Gasteiger partial charge >= 0.3 is 5.97 Å². The Bertz CT molecular complexity index is 734. The van der Waals surface area contributed by atoms with Gasteiger partial charge in [0.2, 0.25) is 0 Å². The smallest absolute Gasteiger partial charge is 0.338 e. The number of benzene rings is 1. The van der Waals surface area contributed by atoms with E-state index in [2.05, 4.69) is 4.98 Å². The number of thiazole rings is 1. The molecule has 0 saturated heterocycles. The summed E-state index contributed by atoms with van der Waals surface area (Å²) in [7, 11) is 0. The number of ketones is 1. The second-order valence-electron chi connectivity index (χ2n) is 4.44. The van der Waals surface area contributed by atoms with Crippen molar-refractivity contribution in [3.63, 3.8) is 0 Å². The maximum atomic E-state index is 12.0. The number of hydrogen-bond acceptors (Lipinski definition) is 6. The number of Topliss-reactive ketones (excluding diaryl/α,β-unsaturated/α-hetero) is 1. The number of nitrogens with zero attached hydrogens (tertiary/aromatic N) is 2. The second-order valence-corrected chi connectivity index (χ2v) is 5.76. The highest BCUT2D eigenvalue weighted by molar-refractivity contribution is 7.09. The van der Waals surface area contributed by atoms with Gasteiger partial charge in [-0.1, -0.05) is 11.6 Å². The maximum Gasteiger partial charge on any atom is 0.338 e. The number of aryl methyl sites for hydroxylation is 1. The van der Waals surface area contributed by atoms with Crippen molar-refractivity contribution < 1.29 is 14.3 Å². The van der Waals surface area contributed by atoms with Crippen molar-refractivity contribution in [2.75, 3.05) is 6.61 Å². The highest BCUT2D eigenvalue weighted by atomic mass is 35.5. The van der Waals surface area contributed by atoms with Crippen LogP contribution in [0.3, 0.4) is 0 Å². The predicted molar refractivity (Wildman–Crippen MR) is 81.9 cm³/mol. The summed E-state index contributed by atoms with van der Waals surface area (Å²) in [4.78, 5) is 27.9. The van der Waals surface area contributed by atoms with Crippen molar-refractivity contribution in [3.05, 3.63) is 50.9 Å². The lowest BCUT2D eigenvalue weighted by molar-refractivity contribution is -0.122. The zero-order chi connectivity index (χ0) is 16.1. The molecular weight excluding hydrogens is 324 g/mol. The fraction of sp³-hybridized carbons (Fsp3) is 0.200. The largest absolute Gasteiger partial charge is 0.454 e. The quantitative estimate of drug-likeness (QED) is 0.785. The van der Waals surface area contributed by atoms with Gasteiger partial charge in [-0.3, -0.25) is 4.79 Å². The van der Waals surface area contributed by atoms with E-state index in [1.807, 2.05) is 6.07 Å². The second kappa shape index (κ2) is 7.16. The van der Waals surface area contributed by atoms with Crippen molar-refractivity contribution in [1.29, 1.82) is 5.26 Å². The van der Waals surface area contributed by atoms with Crippen LogP contribution in [-0.2, 0) is 9.53 Å². The first-order valence-corrected chi connectivity index (χ1v) is 7.54. The van der Waals surface area contributed by atoms with E-state index < -0.39 is 24.3 Å². The minimum Gasteiger partial charge on any atom is -0.454 e. The molecule has 0 N–H and O–H groups in total. The van der Waals surface area contributed by atoms with Gasteiger partial charge in [0.15, 0.2) is 18.3 Å². The Balaban J connectivity index is 1.98. The van der Waals surface area contributed by atoms with Crippen molar-refractivity contribution in [2.24, 2.45) is 0 Å². The molecule has 1 heterocycles. The van der Waals surface area contributed by atoms with Gasteiger partial charge in [0.05, 0.1) is 11.6 Å². The third-order valence-corrected chi connectivity index (χ3v) is 4.04. The first kappa shape index (κ1) is 16.1. The summed E-state index contributed by atoms with van der Waals surface area (Å²) in [5.74, 6) is -2.16. The Morgan fingerprint density at radius 1 is 1.41 bits per heavy atom. The van der Waals surface area contributed by atoms with E-state index in [1.54, 1.807) is 24.4 Å². The molecule has 1 atom stereocenters. The van der Waals surface area contributed by atoms with Gasteiger partial charge < -0.3 is 4.74 Å². The lowest BCUT2D eigenvalue weighted by Crippen LogP contribution is -2.19. The normalized spacial score (nSPS) is 11.5. The van der Waals surface area contributed by atoms with E-state index >= 15 is 0 Å². The molecule has 5 nitrogen and oxygen atoms in total. The topological polar surface area (TPSA) is 80.0 Å². The van der Waals surface area contributed by atoms with Crippen LogP contribution in [0.2, 0.25) is 5.02 Å². The summed E-state index contributed by atoms with van der Waals surface area (Å²) < 4.78 is 4.94. The molecule has 2 rings (SSSR count). The molecule has 0 amide bonds. The summed E-state index contributed by atoms with van der Waals surface area (Å²) in [5.41, 5.74) is 1.03. The van der Waals surface area contributed by atoms with Crippen molar-refractivity contribution >= 4 is 34.7 Å². The molecule has 1 aromatic carbocycles. The van der Waals surface area contributed by atoms with Crippen LogP contribution in [0.1, 0.15) is 27.0 Å². The Kier molecular flexibility index (Phi) is 5.26. The van der Waals surface area contributed by atoms with Crippen LogP contribution in [0.5, 0.6) is 0 Å². The van der Waals surface area contributed by atoms with Gasteiger partial charge in [-0.2, -0.15) is 5.26 Å². The van der Waals surface area contributed by atoms with E-state index in [0.29, 0.717) is 10.0 Å². The number of carbonyl (C=O) groups is 2. The number of carbonyl (C=O) groups excluding carboxylic acids is 2. The molecule has 0 unspecified atom stereocenters. The number of rotatable bonds is 5. The Labute approximate surface area is 136 Å². The van der Waals surface area contributed by atoms with E-state index in [1.165, 1.54) is 23.5 Å². The Morgan fingerprint density at radius 2 is 2.09 bits per heavy atom. The Morgan fingerprint density at radius 3 is 2.64 bits per heavy atom. The molecule has 2 aromatic rings. The molecule has 1 aromatic heterocycles. The summed E-state index contributed by atoms with van der Waals surface area (Å²) in [6, 6.07) is 8.00. The minimum atomic E-state index is -1.02. The molecule has 0 fully saturated rings. The molecule has 0 saturated carbocycles. The third kappa shape index (κ3) is 3.91. The van der Waals surface area contributed by atoms with Crippen LogP contribution in [0.4, 0.5) is 0 Å². The molecule has 0 spiro atoms. The number of aromatic nitrogens is 1. The molecule has 0 aliphatic rings. The van der Waals surface area contributed by atoms with Crippen LogP contribution in [0.15, 0.2) is 29.6 Å². The highest BCUT2D eigenvalue weighted by Crippen LogP contribution is 2.21. The molecule has 22 heavy (non-hydrogen) atoms. The van der Waals surface area contributed by atoms with E-state index in [4.69, 9.17) is 21.6 Å². The predicted octanol–water partition coefficient (Wildman–Crippen LogP) is 3.14. The zero-order valence-electron chi connectivity index (χ0n) is 11.6. The van der Waals surface area contributed by atoms with Crippen molar-refractivity contribution in [2.45, 2.75) is 12.8 Å². The molecule has 0 bridgehead atoms. The zero-order valence-corrected chi connectivity index (χ0v) is 13.1. The average Bonchev–Trinajstić information content (AvgIpc) is 2.92. The number of nitriles is 1. The first-order chi connectivity index (χ1) is 10.5. The van der Waals surface area contributed by atoms with Crippen LogP contribution < -0.4 is 0 Å². The van der Waals surface area contributed by atoms with E-state index in [9.17, 15) is 9.59 Å². The summed E-state index contributed by atoms with van der Waals surface area (Å²) in [5, 5.41) is 11.8. The van der Waals surface area contributed by atoms with Gasteiger partial charge in [-0.05, 0) is 31.2 Å². The van der Waals surface area contributed by atoms with Gasteiger partial charge in [0.25, 0.3) is 0 Å². The van der Waals surface area contributed by atoms with Gasteiger partial charge in [-0.15, -0.1) is 11.3 Å². The van der Waals surface area contributed by atoms with Crippen molar-refractivity contribution in [1.82, 2.24) is 4.98 Å². The summed E-state index contributed by atoms with van der Waals surface area (Å²) in [6.07, 6.45) is 0. The monoisotopic (exact) mass is 334 g/mol. The minimum absolute atomic E-state index is 0.288. The van der Waals surface area contributed by atoms with Crippen LogP contribution in [0.25, 0.3) is 0 Å².